The van der Waals surface area contributed by atoms with Crippen LogP contribution in [0, 0.1) is 6.92 Å². The lowest BCUT2D eigenvalue weighted by Gasteiger charge is -2.09. The van der Waals surface area contributed by atoms with Gasteiger partial charge in [-0.25, -0.2) is 4.68 Å². The van der Waals surface area contributed by atoms with E-state index < -0.39 is 0 Å². The second kappa shape index (κ2) is 4.46. The van der Waals surface area contributed by atoms with E-state index >= 15 is 0 Å². The minimum absolute atomic E-state index is 0.472. The van der Waals surface area contributed by atoms with Crippen LogP contribution >= 0.6 is 0 Å². The monoisotopic (exact) mass is 197 g/mol. The third-order valence-electron chi connectivity index (χ3n) is 2.17. The van der Waals surface area contributed by atoms with Gasteiger partial charge in [0.2, 0.25) is 5.88 Å². The fourth-order valence-corrected chi connectivity index (χ4v) is 1.45. The molecule has 4 heteroatoms. The summed E-state index contributed by atoms with van der Waals surface area (Å²) in [6, 6.07) is 0.472. The average molecular weight is 197 g/mol. The van der Waals surface area contributed by atoms with E-state index in [9.17, 15) is 0 Å². The van der Waals surface area contributed by atoms with Crippen LogP contribution in [0.1, 0.15) is 25.1 Å². The summed E-state index contributed by atoms with van der Waals surface area (Å²) in [6.45, 7) is 7.05. The van der Waals surface area contributed by atoms with Crippen molar-refractivity contribution in [2.45, 2.75) is 33.4 Å². The standard InChI is InChI=1S/C10H19N3O/c1-7(2)11-6-9-8(3)12-13(4)10(9)14-5/h7,11H,6H2,1-5H3. The summed E-state index contributed by atoms with van der Waals surface area (Å²) in [5, 5.41) is 7.67. The molecule has 14 heavy (non-hydrogen) atoms. The molecule has 1 rings (SSSR count). The Bertz CT molecular complexity index is 305. The van der Waals surface area contributed by atoms with E-state index in [4.69, 9.17) is 4.74 Å². The van der Waals surface area contributed by atoms with Crippen LogP contribution in [0.5, 0.6) is 5.88 Å². The topological polar surface area (TPSA) is 39.1 Å². The highest BCUT2D eigenvalue weighted by Gasteiger charge is 2.13. The molecule has 0 fully saturated rings. The Kier molecular flexibility index (Phi) is 3.52. The molecule has 0 bridgehead atoms. The molecule has 0 aromatic carbocycles. The quantitative estimate of drug-likeness (QED) is 0.789. The van der Waals surface area contributed by atoms with Crippen molar-refractivity contribution in [3.8, 4) is 5.88 Å². The largest absolute Gasteiger partial charge is 0.481 e. The van der Waals surface area contributed by atoms with Gasteiger partial charge in [-0.05, 0) is 6.92 Å². The lowest BCUT2D eigenvalue weighted by Crippen LogP contribution is -2.22. The van der Waals surface area contributed by atoms with Gasteiger partial charge >= 0.3 is 0 Å². The highest BCUT2D eigenvalue weighted by Crippen LogP contribution is 2.20. The van der Waals surface area contributed by atoms with Gasteiger partial charge in [0, 0.05) is 19.6 Å². The highest BCUT2D eigenvalue weighted by atomic mass is 16.5. The summed E-state index contributed by atoms with van der Waals surface area (Å²) in [6.07, 6.45) is 0. The number of rotatable bonds is 4. The zero-order chi connectivity index (χ0) is 10.7. The number of nitrogens with one attached hydrogen (secondary N) is 1. The molecule has 1 aromatic heterocycles. The third kappa shape index (κ3) is 2.26. The molecule has 0 saturated heterocycles. The van der Waals surface area contributed by atoms with Crippen molar-refractivity contribution < 1.29 is 4.74 Å². The second-order valence-corrected chi connectivity index (χ2v) is 3.73. The van der Waals surface area contributed by atoms with Gasteiger partial charge in [-0.1, -0.05) is 13.8 Å². The molecule has 0 aliphatic heterocycles. The lowest BCUT2D eigenvalue weighted by molar-refractivity contribution is 0.367. The van der Waals surface area contributed by atoms with Crippen LogP contribution in [0.2, 0.25) is 0 Å². The van der Waals surface area contributed by atoms with Crippen LogP contribution in [0.15, 0.2) is 0 Å². The van der Waals surface area contributed by atoms with E-state index in [1.165, 1.54) is 0 Å². The summed E-state index contributed by atoms with van der Waals surface area (Å²) in [7, 11) is 3.57. The molecule has 0 unspecified atom stereocenters. The van der Waals surface area contributed by atoms with Crippen molar-refractivity contribution in [2.24, 2.45) is 7.05 Å². The molecule has 0 aliphatic rings. The number of methoxy groups -OCH3 is 1. The van der Waals surface area contributed by atoms with Gasteiger partial charge in [0.15, 0.2) is 0 Å². The minimum atomic E-state index is 0.472. The molecule has 1 heterocycles. The Labute approximate surface area is 85.3 Å². The molecule has 1 N–H and O–H groups in total. The summed E-state index contributed by atoms with van der Waals surface area (Å²) < 4.78 is 7.06. The Balaban J connectivity index is 2.83. The first-order valence-electron chi connectivity index (χ1n) is 4.86. The van der Waals surface area contributed by atoms with Crippen LogP contribution in [-0.2, 0) is 13.6 Å². The summed E-state index contributed by atoms with van der Waals surface area (Å²) >= 11 is 0. The van der Waals surface area contributed by atoms with Crippen LogP contribution in [0.25, 0.3) is 0 Å². The predicted molar refractivity (Wildman–Crippen MR) is 56.5 cm³/mol. The molecule has 4 nitrogen and oxygen atoms in total. The number of ether oxygens (including phenoxy) is 1. The maximum atomic E-state index is 5.29. The van der Waals surface area contributed by atoms with Gasteiger partial charge in [-0.2, -0.15) is 5.10 Å². The zero-order valence-electron chi connectivity index (χ0n) is 9.59. The lowest BCUT2D eigenvalue weighted by atomic mass is 10.2. The number of hydrogen-bond donors (Lipinski definition) is 1. The first-order chi connectivity index (χ1) is 6.56. The Morgan fingerprint density at radius 2 is 2.14 bits per heavy atom. The first-order valence-corrected chi connectivity index (χ1v) is 4.86. The summed E-state index contributed by atoms with van der Waals surface area (Å²) in [5.41, 5.74) is 2.17. The van der Waals surface area contributed by atoms with Crippen molar-refractivity contribution >= 4 is 0 Å². The van der Waals surface area contributed by atoms with Gasteiger partial charge in [0.05, 0.1) is 18.4 Å². The maximum absolute atomic E-state index is 5.29. The molecule has 0 saturated carbocycles. The van der Waals surface area contributed by atoms with Crippen LogP contribution in [0.3, 0.4) is 0 Å². The molecule has 0 aliphatic carbocycles. The SMILES string of the molecule is COc1c(CNC(C)C)c(C)nn1C. The average Bonchev–Trinajstić information content (AvgIpc) is 2.36. The number of nitrogens with zero attached hydrogens (tertiary/aromatic N) is 2. The van der Waals surface area contributed by atoms with E-state index in [1.54, 1.807) is 11.8 Å². The number of aromatic nitrogens is 2. The molecular weight excluding hydrogens is 178 g/mol. The van der Waals surface area contributed by atoms with Gasteiger partial charge < -0.3 is 10.1 Å². The smallest absolute Gasteiger partial charge is 0.216 e. The second-order valence-electron chi connectivity index (χ2n) is 3.73. The normalized spacial score (nSPS) is 11.0. The number of hydrogen-bond acceptors (Lipinski definition) is 3. The van der Waals surface area contributed by atoms with E-state index in [0.717, 1.165) is 23.7 Å². The Morgan fingerprint density at radius 3 is 2.64 bits per heavy atom. The van der Waals surface area contributed by atoms with Gasteiger partial charge in [0.25, 0.3) is 0 Å². The number of aryl methyl sites for hydroxylation is 2. The third-order valence-corrected chi connectivity index (χ3v) is 2.17. The molecule has 0 atom stereocenters. The zero-order valence-corrected chi connectivity index (χ0v) is 9.59. The summed E-state index contributed by atoms with van der Waals surface area (Å²) in [4.78, 5) is 0. The van der Waals surface area contributed by atoms with Gasteiger partial charge in [-0.3, -0.25) is 0 Å². The maximum Gasteiger partial charge on any atom is 0.216 e. The van der Waals surface area contributed by atoms with Crippen molar-refractivity contribution in [3.05, 3.63) is 11.3 Å². The van der Waals surface area contributed by atoms with Crippen molar-refractivity contribution in [1.82, 2.24) is 15.1 Å². The van der Waals surface area contributed by atoms with Crippen LogP contribution in [0.4, 0.5) is 0 Å². The van der Waals surface area contributed by atoms with Crippen molar-refractivity contribution in [3.63, 3.8) is 0 Å². The minimum Gasteiger partial charge on any atom is -0.481 e. The van der Waals surface area contributed by atoms with Gasteiger partial charge in [-0.15, -0.1) is 0 Å². The highest BCUT2D eigenvalue weighted by molar-refractivity contribution is 5.30. The van der Waals surface area contributed by atoms with Crippen molar-refractivity contribution in [1.29, 1.82) is 0 Å². The van der Waals surface area contributed by atoms with Crippen LogP contribution < -0.4 is 10.1 Å². The fraction of sp³-hybridized carbons (Fsp3) is 0.700. The van der Waals surface area contributed by atoms with Crippen molar-refractivity contribution in [2.75, 3.05) is 7.11 Å². The van der Waals surface area contributed by atoms with E-state index in [0.29, 0.717) is 6.04 Å². The molecule has 0 amide bonds. The molecule has 0 radical (unpaired) electrons. The molecular formula is C10H19N3O. The molecule has 80 valence electrons. The van der Waals surface area contributed by atoms with Gasteiger partial charge in [0.1, 0.15) is 0 Å². The van der Waals surface area contributed by atoms with E-state index in [-0.39, 0.29) is 0 Å². The molecule has 1 aromatic rings. The first kappa shape index (κ1) is 11.0. The predicted octanol–water partition coefficient (Wildman–Crippen LogP) is 1.24. The van der Waals surface area contributed by atoms with E-state index in [1.807, 2.05) is 14.0 Å². The Hall–Kier alpha value is -1.03. The van der Waals surface area contributed by atoms with E-state index in [2.05, 4.69) is 24.3 Å². The summed E-state index contributed by atoms with van der Waals surface area (Å²) in [5.74, 6) is 0.843. The van der Waals surface area contributed by atoms with Crippen LogP contribution in [-0.4, -0.2) is 22.9 Å². The fourth-order valence-electron chi connectivity index (χ4n) is 1.45. The Morgan fingerprint density at radius 1 is 1.50 bits per heavy atom. The molecule has 0 spiro atoms.